The minimum atomic E-state index is -0.440. The van der Waals surface area contributed by atoms with Crippen LogP contribution in [0.4, 0.5) is 20.7 Å². The lowest BCUT2D eigenvalue weighted by atomic mass is 10.2. The van der Waals surface area contributed by atoms with Crippen molar-refractivity contribution in [1.82, 2.24) is 14.5 Å². The number of hydrogen-bond donors (Lipinski definition) is 1. The van der Waals surface area contributed by atoms with E-state index < -0.39 is 5.82 Å². The van der Waals surface area contributed by atoms with Gasteiger partial charge in [-0.1, -0.05) is 0 Å². The van der Waals surface area contributed by atoms with E-state index in [2.05, 4.69) is 29.0 Å². The lowest BCUT2D eigenvalue weighted by molar-refractivity contribution is 0.197. The van der Waals surface area contributed by atoms with E-state index in [9.17, 15) is 9.18 Å². The molecular formula is C22H26FN5O2. The number of carbonyl (C=O) groups excluding carboxylic acids is 1. The molecule has 0 radical (unpaired) electrons. The van der Waals surface area contributed by atoms with Gasteiger partial charge in [0.05, 0.1) is 18.3 Å². The molecule has 2 aromatic heterocycles. The molecule has 1 aromatic carbocycles. The normalized spacial score (nSPS) is 14.4. The molecule has 8 heteroatoms. The van der Waals surface area contributed by atoms with E-state index in [1.165, 1.54) is 13.2 Å². The number of rotatable bonds is 4. The number of anilines is 2. The summed E-state index contributed by atoms with van der Waals surface area (Å²) in [7, 11) is 1.42. The van der Waals surface area contributed by atoms with E-state index in [0.29, 0.717) is 43.1 Å². The maximum absolute atomic E-state index is 14.0. The fourth-order valence-electron chi connectivity index (χ4n) is 3.79. The van der Waals surface area contributed by atoms with Gasteiger partial charge >= 0.3 is 6.03 Å². The van der Waals surface area contributed by atoms with Gasteiger partial charge in [-0.2, -0.15) is 0 Å². The predicted octanol–water partition coefficient (Wildman–Crippen LogP) is 3.79. The van der Waals surface area contributed by atoms with Gasteiger partial charge in [-0.05, 0) is 38.1 Å². The summed E-state index contributed by atoms with van der Waals surface area (Å²) in [6, 6.07) is 8.82. The Kier molecular flexibility index (Phi) is 5.48. The van der Waals surface area contributed by atoms with Crippen molar-refractivity contribution < 1.29 is 13.9 Å². The largest absolute Gasteiger partial charge is 0.494 e. The second kappa shape index (κ2) is 8.22. The first-order valence-corrected chi connectivity index (χ1v) is 10.1. The number of halogens is 1. The fraction of sp³-hybridized carbons (Fsp3) is 0.364. The molecule has 3 aromatic rings. The molecule has 4 rings (SSSR count). The third-order valence-corrected chi connectivity index (χ3v) is 5.25. The van der Waals surface area contributed by atoms with Crippen LogP contribution in [-0.2, 0) is 0 Å². The third kappa shape index (κ3) is 3.77. The van der Waals surface area contributed by atoms with Crippen molar-refractivity contribution in [2.24, 2.45) is 0 Å². The minimum Gasteiger partial charge on any atom is -0.494 e. The molecule has 0 aliphatic carbocycles. The molecule has 7 nitrogen and oxygen atoms in total. The zero-order valence-electron chi connectivity index (χ0n) is 17.4. The van der Waals surface area contributed by atoms with Crippen LogP contribution >= 0.6 is 0 Å². The first-order chi connectivity index (χ1) is 14.5. The summed E-state index contributed by atoms with van der Waals surface area (Å²) in [6.07, 6.45) is 3.47. The van der Waals surface area contributed by atoms with Gasteiger partial charge in [0.2, 0.25) is 0 Å². The maximum atomic E-state index is 14.0. The van der Waals surface area contributed by atoms with E-state index in [1.54, 1.807) is 29.1 Å². The van der Waals surface area contributed by atoms with Crippen LogP contribution in [0.2, 0.25) is 0 Å². The molecule has 1 saturated heterocycles. The van der Waals surface area contributed by atoms with E-state index >= 15 is 0 Å². The molecule has 1 amide bonds. The number of amides is 1. The second-order valence-electron chi connectivity index (χ2n) is 7.66. The van der Waals surface area contributed by atoms with Gasteiger partial charge < -0.3 is 19.9 Å². The SMILES string of the molecule is COc1cc2c(ccn2C(=O)N2CCN(c3ncccc3NC(C)C)CC2)cc1F. The molecule has 1 fully saturated rings. The Morgan fingerprint density at radius 3 is 2.67 bits per heavy atom. The van der Waals surface area contributed by atoms with Crippen molar-refractivity contribution in [2.45, 2.75) is 19.9 Å². The Bertz CT molecular complexity index is 1060. The van der Waals surface area contributed by atoms with Gasteiger partial charge in [0.15, 0.2) is 17.4 Å². The summed E-state index contributed by atoms with van der Waals surface area (Å²) in [5.74, 6) is 0.593. The van der Waals surface area contributed by atoms with Crippen LogP contribution in [0.5, 0.6) is 5.75 Å². The van der Waals surface area contributed by atoms with Gasteiger partial charge in [-0.25, -0.2) is 14.2 Å². The monoisotopic (exact) mass is 411 g/mol. The number of nitrogens with one attached hydrogen (secondary N) is 1. The summed E-state index contributed by atoms with van der Waals surface area (Å²) in [4.78, 5) is 21.7. The third-order valence-electron chi connectivity index (χ3n) is 5.25. The highest BCUT2D eigenvalue weighted by Crippen LogP contribution is 2.27. The Labute approximate surface area is 175 Å². The van der Waals surface area contributed by atoms with Crippen LogP contribution < -0.4 is 15.0 Å². The van der Waals surface area contributed by atoms with Gasteiger partial charge in [-0.15, -0.1) is 0 Å². The lowest BCUT2D eigenvalue weighted by Crippen LogP contribution is -2.50. The van der Waals surface area contributed by atoms with Crippen molar-refractivity contribution in [3.05, 3.63) is 48.5 Å². The average molecular weight is 411 g/mol. The Hall–Kier alpha value is -3.29. The molecule has 1 aliphatic heterocycles. The standard InChI is InChI=1S/C22H26FN5O2/c1-15(2)25-18-5-4-7-24-21(18)26-9-11-27(12-10-26)22(29)28-8-6-16-13-17(23)20(30-3)14-19(16)28/h4-8,13-15,25H,9-12H2,1-3H3. The predicted molar refractivity (Wildman–Crippen MR) is 116 cm³/mol. The van der Waals surface area contributed by atoms with Crippen LogP contribution in [0.25, 0.3) is 10.9 Å². The number of fused-ring (bicyclic) bond motifs is 1. The highest BCUT2D eigenvalue weighted by atomic mass is 19.1. The number of piperazine rings is 1. The topological polar surface area (TPSA) is 62.6 Å². The molecule has 0 spiro atoms. The smallest absolute Gasteiger partial charge is 0.328 e. The molecule has 0 saturated carbocycles. The highest BCUT2D eigenvalue weighted by Gasteiger charge is 2.25. The molecular weight excluding hydrogens is 385 g/mol. The van der Waals surface area contributed by atoms with Crippen molar-refractivity contribution >= 4 is 28.4 Å². The van der Waals surface area contributed by atoms with Crippen LogP contribution in [-0.4, -0.2) is 59.8 Å². The van der Waals surface area contributed by atoms with Crippen LogP contribution in [0.1, 0.15) is 13.8 Å². The number of pyridine rings is 1. The number of nitrogens with zero attached hydrogens (tertiary/aromatic N) is 4. The number of carbonyl (C=O) groups is 1. The molecule has 0 unspecified atom stereocenters. The molecule has 0 bridgehead atoms. The Balaban J connectivity index is 1.50. The van der Waals surface area contributed by atoms with Crippen molar-refractivity contribution in [3.8, 4) is 5.75 Å². The molecule has 1 aliphatic rings. The Morgan fingerprint density at radius 1 is 1.20 bits per heavy atom. The van der Waals surface area contributed by atoms with Gasteiger partial charge in [0.25, 0.3) is 0 Å². The summed E-state index contributed by atoms with van der Waals surface area (Å²) in [6.45, 7) is 6.72. The number of methoxy groups -OCH3 is 1. The summed E-state index contributed by atoms with van der Waals surface area (Å²) in [5, 5.41) is 4.10. The fourth-order valence-corrected chi connectivity index (χ4v) is 3.79. The lowest BCUT2D eigenvalue weighted by Gasteiger charge is -2.36. The van der Waals surface area contributed by atoms with Gasteiger partial charge in [-0.3, -0.25) is 4.57 Å². The second-order valence-corrected chi connectivity index (χ2v) is 7.66. The Morgan fingerprint density at radius 2 is 1.97 bits per heavy atom. The van der Waals surface area contributed by atoms with E-state index in [0.717, 1.165) is 11.5 Å². The summed E-state index contributed by atoms with van der Waals surface area (Å²) in [5.41, 5.74) is 1.63. The number of ether oxygens (including phenoxy) is 1. The minimum absolute atomic E-state index is 0.125. The maximum Gasteiger partial charge on any atom is 0.328 e. The number of hydrogen-bond acceptors (Lipinski definition) is 5. The molecule has 30 heavy (non-hydrogen) atoms. The molecule has 3 heterocycles. The molecule has 158 valence electrons. The van der Waals surface area contributed by atoms with Crippen molar-refractivity contribution in [2.75, 3.05) is 43.5 Å². The first-order valence-electron chi connectivity index (χ1n) is 10.1. The molecule has 0 atom stereocenters. The van der Waals surface area contributed by atoms with E-state index in [1.807, 2.05) is 17.0 Å². The number of benzene rings is 1. The van der Waals surface area contributed by atoms with Crippen molar-refractivity contribution in [3.63, 3.8) is 0 Å². The van der Waals surface area contributed by atoms with Gasteiger partial charge in [0.1, 0.15) is 0 Å². The zero-order valence-corrected chi connectivity index (χ0v) is 17.4. The average Bonchev–Trinajstić information content (AvgIpc) is 3.15. The van der Waals surface area contributed by atoms with Crippen LogP contribution in [0.15, 0.2) is 42.7 Å². The van der Waals surface area contributed by atoms with Crippen LogP contribution in [0, 0.1) is 5.82 Å². The molecule has 1 N–H and O–H groups in total. The van der Waals surface area contributed by atoms with Gasteiger partial charge in [0, 0.05) is 56.1 Å². The highest BCUT2D eigenvalue weighted by molar-refractivity contribution is 5.92. The van der Waals surface area contributed by atoms with E-state index in [-0.39, 0.29) is 11.8 Å². The summed E-state index contributed by atoms with van der Waals surface area (Å²) < 4.78 is 20.6. The quantitative estimate of drug-likeness (QED) is 0.708. The van der Waals surface area contributed by atoms with Crippen molar-refractivity contribution in [1.29, 1.82) is 0 Å². The zero-order chi connectivity index (χ0) is 21.3. The van der Waals surface area contributed by atoms with Crippen LogP contribution in [0.3, 0.4) is 0 Å². The summed E-state index contributed by atoms with van der Waals surface area (Å²) >= 11 is 0. The van der Waals surface area contributed by atoms with E-state index in [4.69, 9.17) is 4.74 Å². The first kappa shape index (κ1) is 20.0. The number of aromatic nitrogens is 2.